The Bertz CT molecular complexity index is 814. The van der Waals surface area contributed by atoms with Gasteiger partial charge >= 0.3 is 0 Å². The van der Waals surface area contributed by atoms with Gasteiger partial charge in [-0.15, -0.1) is 24.0 Å². The zero-order valence-corrected chi connectivity index (χ0v) is 20.3. The Morgan fingerprint density at radius 3 is 2.60 bits per heavy atom. The molecule has 2 aromatic rings. The Labute approximate surface area is 195 Å². The number of nitrogens with one attached hydrogen (secondary N) is 2. The number of guanidine groups is 1. The maximum absolute atomic E-state index is 12.1. The average Bonchev–Trinajstić information content (AvgIpc) is 3.22. The predicted octanol–water partition coefficient (Wildman–Crippen LogP) is 3.66. The van der Waals surface area contributed by atoms with Gasteiger partial charge in [0.1, 0.15) is 12.0 Å². The SMILES string of the molecule is CCNC(=NCc1coc(-c2ccccc2)n1)NC1CCN(C(=O)C(C)C)CC1.I. The van der Waals surface area contributed by atoms with Crippen LogP contribution < -0.4 is 10.6 Å². The van der Waals surface area contributed by atoms with E-state index in [-0.39, 0.29) is 35.8 Å². The number of likely N-dealkylation sites (tertiary alicyclic amines) is 1. The lowest BCUT2D eigenvalue weighted by Gasteiger charge is -2.34. The number of benzene rings is 1. The molecule has 2 heterocycles. The molecule has 1 aliphatic rings. The number of rotatable bonds is 6. The van der Waals surface area contributed by atoms with Gasteiger partial charge in [0.15, 0.2) is 5.96 Å². The van der Waals surface area contributed by atoms with Crippen LogP contribution in [-0.2, 0) is 11.3 Å². The van der Waals surface area contributed by atoms with E-state index in [9.17, 15) is 4.79 Å². The Hall–Kier alpha value is -2.10. The van der Waals surface area contributed by atoms with Crippen molar-refractivity contribution in [3.05, 3.63) is 42.3 Å². The highest BCUT2D eigenvalue weighted by molar-refractivity contribution is 14.0. The molecule has 0 bridgehead atoms. The van der Waals surface area contributed by atoms with Gasteiger partial charge in [0.05, 0.1) is 6.54 Å². The number of halogens is 1. The fourth-order valence-corrected chi connectivity index (χ4v) is 3.38. The number of hydrogen-bond acceptors (Lipinski definition) is 4. The number of hydrogen-bond donors (Lipinski definition) is 2. The lowest BCUT2D eigenvalue weighted by molar-refractivity contribution is -0.135. The third-order valence-electron chi connectivity index (χ3n) is 4.96. The molecular weight excluding hydrogens is 493 g/mol. The van der Waals surface area contributed by atoms with Crippen molar-refractivity contribution < 1.29 is 9.21 Å². The minimum Gasteiger partial charge on any atom is -0.444 e. The number of carbonyl (C=O) groups is 1. The molecule has 1 aromatic carbocycles. The Morgan fingerprint density at radius 2 is 1.97 bits per heavy atom. The number of aliphatic imine (C=N–C) groups is 1. The van der Waals surface area contributed by atoms with E-state index in [2.05, 4.69) is 20.6 Å². The van der Waals surface area contributed by atoms with E-state index in [0.29, 0.717) is 18.5 Å². The van der Waals surface area contributed by atoms with Crippen LogP contribution in [0.25, 0.3) is 11.5 Å². The molecule has 2 N–H and O–H groups in total. The molecule has 1 saturated heterocycles. The number of carbonyl (C=O) groups excluding carboxylic acids is 1. The van der Waals surface area contributed by atoms with Gasteiger partial charge in [0.25, 0.3) is 0 Å². The first kappa shape index (κ1) is 24.2. The molecule has 8 heteroatoms. The monoisotopic (exact) mass is 525 g/mol. The molecule has 0 atom stereocenters. The molecule has 1 amide bonds. The standard InChI is InChI=1S/C22H31N5O2.HI/c1-4-23-22(26-18-10-12-27(13-11-18)21(28)16(2)3)24-14-19-15-29-20(25-19)17-8-6-5-7-9-17;/h5-9,15-16,18H,4,10-14H2,1-3H3,(H2,23,24,26);1H. The highest BCUT2D eigenvalue weighted by Crippen LogP contribution is 2.18. The lowest BCUT2D eigenvalue weighted by Crippen LogP contribution is -2.50. The van der Waals surface area contributed by atoms with Crippen LogP contribution in [0.4, 0.5) is 0 Å². The van der Waals surface area contributed by atoms with Gasteiger partial charge in [-0.1, -0.05) is 32.0 Å². The van der Waals surface area contributed by atoms with E-state index in [4.69, 9.17) is 4.42 Å². The smallest absolute Gasteiger partial charge is 0.226 e. The van der Waals surface area contributed by atoms with Crippen LogP contribution in [0.3, 0.4) is 0 Å². The van der Waals surface area contributed by atoms with E-state index in [0.717, 1.165) is 49.7 Å². The fraction of sp³-hybridized carbons (Fsp3) is 0.500. The lowest BCUT2D eigenvalue weighted by atomic mass is 10.0. The van der Waals surface area contributed by atoms with Gasteiger partial charge in [-0.25, -0.2) is 9.98 Å². The van der Waals surface area contributed by atoms with Gasteiger partial charge < -0.3 is 20.0 Å². The van der Waals surface area contributed by atoms with Crippen molar-refractivity contribution in [3.63, 3.8) is 0 Å². The number of amides is 1. The van der Waals surface area contributed by atoms with Crippen molar-refractivity contribution in [1.82, 2.24) is 20.5 Å². The number of aromatic nitrogens is 1. The molecule has 1 aromatic heterocycles. The highest BCUT2D eigenvalue weighted by Gasteiger charge is 2.24. The van der Waals surface area contributed by atoms with Gasteiger partial charge in [-0.3, -0.25) is 4.79 Å². The van der Waals surface area contributed by atoms with Crippen molar-refractivity contribution in [1.29, 1.82) is 0 Å². The number of piperidine rings is 1. The van der Waals surface area contributed by atoms with E-state index >= 15 is 0 Å². The molecule has 0 unspecified atom stereocenters. The maximum Gasteiger partial charge on any atom is 0.226 e. The topological polar surface area (TPSA) is 82.8 Å². The first-order chi connectivity index (χ1) is 14.1. The zero-order chi connectivity index (χ0) is 20.6. The van der Waals surface area contributed by atoms with Crippen LogP contribution in [-0.4, -0.2) is 47.4 Å². The van der Waals surface area contributed by atoms with E-state index < -0.39 is 0 Å². The minimum absolute atomic E-state index is 0. The first-order valence-corrected chi connectivity index (χ1v) is 10.4. The fourth-order valence-electron chi connectivity index (χ4n) is 3.38. The average molecular weight is 525 g/mol. The molecular formula is C22H32IN5O2. The summed E-state index contributed by atoms with van der Waals surface area (Å²) >= 11 is 0. The molecule has 3 rings (SSSR count). The van der Waals surface area contributed by atoms with E-state index in [1.165, 1.54) is 0 Å². The normalized spacial score (nSPS) is 15.1. The summed E-state index contributed by atoms with van der Waals surface area (Å²) in [6.07, 6.45) is 3.50. The third-order valence-corrected chi connectivity index (χ3v) is 4.96. The molecule has 30 heavy (non-hydrogen) atoms. The second-order valence-corrected chi connectivity index (χ2v) is 7.60. The van der Waals surface area contributed by atoms with Gasteiger partial charge in [-0.2, -0.15) is 0 Å². The Morgan fingerprint density at radius 1 is 1.27 bits per heavy atom. The molecule has 0 radical (unpaired) electrons. The Kier molecular flexibility index (Phi) is 9.61. The second kappa shape index (κ2) is 11.9. The molecule has 7 nitrogen and oxygen atoms in total. The van der Waals surface area contributed by atoms with Gasteiger partial charge in [-0.05, 0) is 31.9 Å². The quantitative estimate of drug-likeness (QED) is 0.342. The van der Waals surface area contributed by atoms with Crippen molar-refractivity contribution >= 4 is 35.8 Å². The molecule has 1 aliphatic heterocycles. The summed E-state index contributed by atoms with van der Waals surface area (Å²) in [6.45, 7) is 8.76. The summed E-state index contributed by atoms with van der Waals surface area (Å²) in [7, 11) is 0. The Balaban J connectivity index is 0.00000320. The first-order valence-electron chi connectivity index (χ1n) is 10.4. The van der Waals surface area contributed by atoms with Crippen LogP contribution in [0.1, 0.15) is 39.3 Å². The summed E-state index contributed by atoms with van der Waals surface area (Å²) < 4.78 is 5.59. The van der Waals surface area contributed by atoms with Crippen molar-refractivity contribution in [2.45, 2.75) is 46.2 Å². The van der Waals surface area contributed by atoms with Crippen LogP contribution in [0.15, 0.2) is 46.0 Å². The van der Waals surface area contributed by atoms with Gasteiger partial charge in [0, 0.05) is 37.2 Å². The number of nitrogens with zero attached hydrogens (tertiary/aromatic N) is 3. The summed E-state index contributed by atoms with van der Waals surface area (Å²) in [5, 5.41) is 6.79. The summed E-state index contributed by atoms with van der Waals surface area (Å²) in [5.41, 5.74) is 1.74. The highest BCUT2D eigenvalue weighted by atomic mass is 127. The van der Waals surface area contributed by atoms with Crippen molar-refractivity contribution in [2.75, 3.05) is 19.6 Å². The van der Waals surface area contributed by atoms with Crippen LogP contribution >= 0.6 is 24.0 Å². The van der Waals surface area contributed by atoms with Crippen molar-refractivity contribution in [3.8, 4) is 11.5 Å². The molecule has 164 valence electrons. The summed E-state index contributed by atoms with van der Waals surface area (Å²) in [4.78, 5) is 23.3. The van der Waals surface area contributed by atoms with Gasteiger partial charge in [0.2, 0.25) is 11.8 Å². The summed E-state index contributed by atoms with van der Waals surface area (Å²) in [6, 6.07) is 10.1. The van der Waals surface area contributed by atoms with E-state index in [1.807, 2.05) is 56.0 Å². The van der Waals surface area contributed by atoms with Crippen LogP contribution in [0.5, 0.6) is 0 Å². The van der Waals surface area contributed by atoms with E-state index in [1.54, 1.807) is 6.26 Å². The largest absolute Gasteiger partial charge is 0.444 e. The maximum atomic E-state index is 12.1. The van der Waals surface area contributed by atoms with Crippen LogP contribution in [0.2, 0.25) is 0 Å². The predicted molar refractivity (Wildman–Crippen MR) is 130 cm³/mol. The zero-order valence-electron chi connectivity index (χ0n) is 17.9. The van der Waals surface area contributed by atoms with Crippen molar-refractivity contribution in [2.24, 2.45) is 10.9 Å². The minimum atomic E-state index is 0. The molecule has 0 spiro atoms. The third kappa shape index (κ3) is 6.72. The number of oxazole rings is 1. The molecule has 0 aliphatic carbocycles. The van der Waals surface area contributed by atoms with Crippen LogP contribution in [0, 0.1) is 5.92 Å². The summed E-state index contributed by atoms with van der Waals surface area (Å²) in [5.74, 6) is 1.67. The molecule has 0 saturated carbocycles. The molecule has 1 fully saturated rings. The second-order valence-electron chi connectivity index (χ2n) is 7.60.